The summed E-state index contributed by atoms with van der Waals surface area (Å²) in [5, 5.41) is 0. The van der Waals surface area contributed by atoms with E-state index in [9.17, 15) is 17.6 Å². The lowest BCUT2D eigenvalue weighted by molar-refractivity contribution is 0.343. The van der Waals surface area contributed by atoms with Crippen molar-refractivity contribution in [2.24, 2.45) is 11.8 Å². The molecular weight excluding hydrogens is 404 g/mol. The number of hydrogen-bond acceptors (Lipinski definition) is 2. The van der Waals surface area contributed by atoms with Crippen LogP contribution in [0.3, 0.4) is 0 Å². The van der Waals surface area contributed by atoms with Crippen LogP contribution in [0.2, 0.25) is 0 Å². The Hall–Kier alpha value is -2.68. The van der Waals surface area contributed by atoms with Gasteiger partial charge in [-0.05, 0) is 68.2 Å². The standard InChI is InChI=1S/C25H26F4N2/c1-2-3-4-5-19-15-30-25(31-16-19)20-13-22(26)21(23(27)14-20)11-10-17-6-8-18(9-7-17)12-24(28)29/h12-18H,2-9H2,1H3/t17-,18-. The summed E-state index contributed by atoms with van der Waals surface area (Å²) in [4.78, 5) is 8.50. The van der Waals surface area contributed by atoms with Gasteiger partial charge in [-0.15, -0.1) is 0 Å². The first-order valence-electron chi connectivity index (χ1n) is 10.8. The summed E-state index contributed by atoms with van der Waals surface area (Å²) >= 11 is 0. The van der Waals surface area contributed by atoms with E-state index in [0.717, 1.165) is 37.3 Å². The number of aromatic nitrogens is 2. The summed E-state index contributed by atoms with van der Waals surface area (Å²) in [7, 11) is 0. The number of aryl methyl sites for hydroxylation is 1. The molecule has 0 unspecified atom stereocenters. The van der Waals surface area contributed by atoms with Crippen LogP contribution >= 0.6 is 0 Å². The quantitative estimate of drug-likeness (QED) is 0.278. The third kappa shape index (κ3) is 6.65. The molecule has 1 aromatic carbocycles. The molecule has 2 aromatic rings. The van der Waals surface area contributed by atoms with Crippen LogP contribution in [0.15, 0.2) is 36.7 Å². The van der Waals surface area contributed by atoms with Crippen molar-refractivity contribution in [1.29, 1.82) is 0 Å². The molecule has 1 heterocycles. The Morgan fingerprint density at radius 3 is 2.26 bits per heavy atom. The molecule has 6 heteroatoms. The van der Waals surface area contributed by atoms with Crippen molar-refractivity contribution in [1.82, 2.24) is 9.97 Å². The van der Waals surface area contributed by atoms with Gasteiger partial charge in [0.15, 0.2) is 5.82 Å². The normalized spacial score (nSPS) is 18.2. The zero-order valence-electron chi connectivity index (χ0n) is 17.6. The molecule has 0 radical (unpaired) electrons. The average Bonchev–Trinajstić information content (AvgIpc) is 2.74. The maximum absolute atomic E-state index is 14.6. The summed E-state index contributed by atoms with van der Waals surface area (Å²) < 4.78 is 53.8. The Labute approximate surface area is 180 Å². The zero-order chi connectivity index (χ0) is 22.2. The molecule has 0 spiro atoms. The average molecular weight is 430 g/mol. The first kappa shape index (κ1) is 23.0. The highest BCUT2D eigenvalue weighted by atomic mass is 19.3. The minimum absolute atomic E-state index is 0.0469. The maximum Gasteiger partial charge on any atom is 0.266 e. The molecule has 0 atom stereocenters. The molecule has 3 rings (SSSR count). The van der Waals surface area contributed by atoms with Crippen LogP contribution in [0.4, 0.5) is 17.6 Å². The summed E-state index contributed by atoms with van der Waals surface area (Å²) in [6.07, 6.45) is 9.41. The first-order chi connectivity index (χ1) is 15.0. The van der Waals surface area contributed by atoms with Crippen LogP contribution in [-0.4, -0.2) is 9.97 Å². The topological polar surface area (TPSA) is 25.8 Å². The second-order valence-electron chi connectivity index (χ2n) is 8.02. The van der Waals surface area contributed by atoms with Gasteiger partial charge in [-0.1, -0.05) is 31.6 Å². The molecule has 0 amide bonds. The molecule has 0 N–H and O–H groups in total. The van der Waals surface area contributed by atoms with Crippen molar-refractivity contribution in [2.45, 2.75) is 58.3 Å². The number of halogens is 4. The molecule has 31 heavy (non-hydrogen) atoms. The molecule has 1 fully saturated rings. The first-order valence-corrected chi connectivity index (χ1v) is 10.8. The van der Waals surface area contributed by atoms with Crippen LogP contribution in [0.25, 0.3) is 11.4 Å². The smallest absolute Gasteiger partial charge is 0.236 e. The Bertz CT molecular complexity index is 938. The Kier molecular flexibility index (Phi) is 8.22. The predicted molar refractivity (Wildman–Crippen MR) is 113 cm³/mol. The molecule has 164 valence electrons. The lowest BCUT2D eigenvalue weighted by Gasteiger charge is -2.22. The molecule has 0 bridgehead atoms. The van der Waals surface area contributed by atoms with Crippen molar-refractivity contribution in [2.75, 3.05) is 0 Å². The second-order valence-corrected chi connectivity index (χ2v) is 8.02. The third-order valence-corrected chi connectivity index (χ3v) is 5.61. The fraction of sp³-hybridized carbons (Fsp3) is 0.440. The molecule has 1 aliphatic rings. The van der Waals surface area contributed by atoms with E-state index in [0.29, 0.717) is 25.7 Å². The number of unbranched alkanes of at least 4 members (excludes halogenated alkanes) is 2. The van der Waals surface area contributed by atoms with Crippen LogP contribution < -0.4 is 0 Å². The molecular formula is C25H26F4N2. The number of allylic oxidation sites excluding steroid dienone is 1. The van der Waals surface area contributed by atoms with Gasteiger partial charge >= 0.3 is 0 Å². The minimum Gasteiger partial charge on any atom is -0.236 e. The van der Waals surface area contributed by atoms with Gasteiger partial charge in [0, 0.05) is 23.9 Å². The molecule has 1 aromatic heterocycles. The van der Waals surface area contributed by atoms with Crippen molar-refractivity contribution in [3.8, 4) is 23.2 Å². The van der Waals surface area contributed by atoms with E-state index in [2.05, 4.69) is 28.7 Å². The zero-order valence-corrected chi connectivity index (χ0v) is 17.6. The van der Waals surface area contributed by atoms with E-state index < -0.39 is 17.7 Å². The summed E-state index contributed by atoms with van der Waals surface area (Å²) in [6, 6.07) is 2.40. The van der Waals surface area contributed by atoms with Gasteiger partial charge in [0.1, 0.15) is 11.6 Å². The van der Waals surface area contributed by atoms with Crippen molar-refractivity contribution >= 4 is 0 Å². The van der Waals surface area contributed by atoms with Gasteiger partial charge in [0.05, 0.1) is 5.56 Å². The molecule has 0 aliphatic heterocycles. The fourth-order valence-electron chi connectivity index (χ4n) is 3.82. The van der Waals surface area contributed by atoms with Gasteiger partial charge < -0.3 is 0 Å². The molecule has 1 saturated carbocycles. The lowest BCUT2D eigenvalue weighted by Crippen LogP contribution is -2.11. The summed E-state index contributed by atoms with van der Waals surface area (Å²) in [5.74, 6) is 4.10. The highest BCUT2D eigenvalue weighted by Gasteiger charge is 2.19. The number of rotatable bonds is 6. The van der Waals surface area contributed by atoms with E-state index in [1.807, 2.05) is 0 Å². The van der Waals surface area contributed by atoms with Gasteiger partial charge in [-0.25, -0.2) is 18.7 Å². The number of hydrogen-bond donors (Lipinski definition) is 0. The van der Waals surface area contributed by atoms with Crippen LogP contribution in [0.5, 0.6) is 0 Å². The molecule has 1 aliphatic carbocycles. The highest BCUT2D eigenvalue weighted by Crippen LogP contribution is 2.30. The second kappa shape index (κ2) is 11.1. The minimum atomic E-state index is -1.66. The van der Waals surface area contributed by atoms with E-state index in [-0.39, 0.29) is 28.8 Å². The Morgan fingerprint density at radius 1 is 1.03 bits per heavy atom. The summed E-state index contributed by atoms with van der Waals surface area (Å²) in [5.41, 5.74) is 0.984. The van der Waals surface area contributed by atoms with Crippen molar-refractivity contribution in [3.05, 3.63) is 59.4 Å². The molecule has 2 nitrogen and oxygen atoms in total. The summed E-state index contributed by atoms with van der Waals surface area (Å²) in [6.45, 7) is 2.14. The van der Waals surface area contributed by atoms with E-state index in [4.69, 9.17) is 0 Å². The van der Waals surface area contributed by atoms with Gasteiger partial charge in [0.25, 0.3) is 6.08 Å². The van der Waals surface area contributed by atoms with Crippen LogP contribution in [-0.2, 0) is 6.42 Å². The number of benzene rings is 1. The number of nitrogens with zero attached hydrogens (tertiary/aromatic N) is 2. The van der Waals surface area contributed by atoms with E-state index >= 15 is 0 Å². The third-order valence-electron chi connectivity index (χ3n) is 5.61. The predicted octanol–water partition coefficient (Wildman–Crippen LogP) is 7.09. The van der Waals surface area contributed by atoms with Crippen LogP contribution in [0, 0.1) is 35.3 Å². The fourth-order valence-corrected chi connectivity index (χ4v) is 3.82. The van der Waals surface area contributed by atoms with Gasteiger partial charge in [-0.2, -0.15) is 8.78 Å². The van der Waals surface area contributed by atoms with Crippen molar-refractivity contribution in [3.63, 3.8) is 0 Å². The van der Waals surface area contributed by atoms with E-state index in [1.54, 1.807) is 12.4 Å². The SMILES string of the molecule is CCCCCc1cnc(-c2cc(F)c(C#C[C@H]3CC[C@H](C=C(F)F)CC3)c(F)c2)nc1. The monoisotopic (exact) mass is 430 g/mol. The Morgan fingerprint density at radius 2 is 1.68 bits per heavy atom. The maximum atomic E-state index is 14.6. The molecule has 0 saturated heterocycles. The van der Waals surface area contributed by atoms with E-state index in [1.165, 1.54) is 12.1 Å². The van der Waals surface area contributed by atoms with Gasteiger partial charge in [0.2, 0.25) is 0 Å². The van der Waals surface area contributed by atoms with Gasteiger partial charge in [-0.3, -0.25) is 0 Å². The Balaban J connectivity index is 1.68. The van der Waals surface area contributed by atoms with Crippen molar-refractivity contribution < 1.29 is 17.6 Å². The lowest BCUT2D eigenvalue weighted by atomic mass is 9.82. The largest absolute Gasteiger partial charge is 0.266 e. The van der Waals surface area contributed by atoms with Crippen LogP contribution in [0.1, 0.15) is 63.0 Å². The highest BCUT2D eigenvalue weighted by molar-refractivity contribution is 5.57.